The van der Waals surface area contributed by atoms with Gasteiger partial charge in [0.25, 0.3) is 5.91 Å². The number of hydrogen-bond acceptors (Lipinski definition) is 4. The minimum absolute atomic E-state index is 0.0375. The molecule has 3 rings (SSSR count). The van der Waals surface area contributed by atoms with E-state index < -0.39 is 21.5 Å². The number of imidazole rings is 1. The Bertz CT molecular complexity index is 1180. The zero-order chi connectivity index (χ0) is 21.4. The monoisotopic (exact) mass is 454 g/mol. The normalized spacial score (nSPS) is 12.3. The third-order valence-electron chi connectivity index (χ3n) is 3.82. The average molecular weight is 455 g/mol. The molecule has 1 amide bonds. The van der Waals surface area contributed by atoms with Crippen molar-refractivity contribution in [3.8, 4) is 0 Å². The SMILES string of the molecule is CC(C)(C)NS(=O)(=O)c1cc(C(=O)NCc2cn3cc(Cl)ccc3n2)ccc1Cl. The van der Waals surface area contributed by atoms with Gasteiger partial charge in [0.15, 0.2) is 0 Å². The number of amides is 1. The summed E-state index contributed by atoms with van der Waals surface area (Å²) in [6.07, 6.45) is 3.47. The fraction of sp³-hybridized carbons (Fsp3) is 0.263. The molecule has 154 valence electrons. The predicted molar refractivity (Wildman–Crippen MR) is 113 cm³/mol. The van der Waals surface area contributed by atoms with Crippen molar-refractivity contribution < 1.29 is 13.2 Å². The van der Waals surface area contributed by atoms with Gasteiger partial charge in [-0.1, -0.05) is 23.2 Å². The smallest absolute Gasteiger partial charge is 0.251 e. The molecule has 0 spiro atoms. The van der Waals surface area contributed by atoms with Crippen molar-refractivity contribution in [2.75, 3.05) is 0 Å². The van der Waals surface area contributed by atoms with Gasteiger partial charge in [0.2, 0.25) is 10.0 Å². The van der Waals surface area contributed by atoms with Crippen molar-refractivity contribution in [2.24, 2.45) is 0 Å². The number of nitrogens with zero attached hydrogens (tertiary/aromatic N) is 2. The van der Waals surface area contributed by atoms with E-state index in [2.05, 4.69) is 15.0 Å². The first-order valence-corrected chi connectivity index (χ1v) is 10.9. The van der Waals surface area contributed by atoms with Crippen molar-refractivity contribution in [1.29, 1.82) is 0 Å². The molecule has 0 aliphatic rings. The lowest BCUT2D eigenvalue weighted by Gasteiger charge is -2.21. The highest BCUT2D eigenvalue weighted by molar-refractivity contribution is 7.89. The summed E-state index contributed by atoms with van der Waals surface area (Å²) in [6, 6.07) is 7.62. The van der Waals surface area contributed by atoms with Crippen LogP contribution in [0.1, 0.15) is 36.8 Å². The molecule has 2 heterocycles. The number of halogens is 2. The number of nitrogens with one attached hydrogen (secondary N) is 2. The minimum atomic E-state index is -3.88. The van der Waals surface area contributed by atoms with Crippen LogP contribution in [0.3, 0.4) is 0 Å². The second-order valence-corrected chi connectivity index (χ2v) is 10.0. The fourth-order valence-electron chi connectivity index (χ4n) is 2.68. The summed E-state index contributed by atoms with van der Waals surface area (Å²) in [5, 5.41) is 3.34. The summed E-state index contributed by atoms with van der Waals surface area (Å²) in [5.74, 6) is -0.441. The number of aromatic nitrogens is 2. The van der Waals surface area contributed by atoms with Crippen molar-refractivity contribution in [2.45, 2.75) is 37.8 Å². The number of benzene rings is 1. The van der Waals surface area contributed by atoms with E-state index in [1.54, 1.807) is 49.7 Å². The highest BCUT2D eigenvalue weighted by Crippen LogP contribution is 2.24. The minimum Gasteiger partial charge on any atom is -0.346 e. The van der Waals surface area contributed by atoms with Gasteiger partial charge in [0, 0.05) is 23.5 Å². The Kier molecular flexibility index (Phi) is 5.91. The van der Waals surface area contributed by atoms with E-state index in [1.807, 2.05) is 0 Å². The molecule has 0 radical (unpaired) electrons. The second-order valence-electron chi connectivity index (χ2n) is 7.53. The van der Waals surface area contributed by atoms with Crippen LogP contribution < -0.4 is 10.0 Å². The predicted octanol–water partition coefficient (Wildman–Crippen LogP) is 3.65. The van der Waals surface area contributed by atoms with Gasteiger partial charge < -0.3 is 9.72 Å². The van der Waals surface area contributed by atoms with Crippen LogP contribution in [0.25, 0.3) is 5.65 Å². The van der Waals surface area contributed by atoms with E-state index >= 15 is 0 Å². The van der Waals surface area contributed by atoms with Crippen LogP contribution in [0.5, 0.6) is 0 Å². The van der Waals surface area contributed by atoms with Crippen LogP contribution in [0.4, 0.5) is 0 Å². The third-order valence-corrected chi connectivity index (χ3v) is 6.28. The number of fused-ring (bicyclic) bond motifs is 1. The summed E-state index contributed by atoms with van der Waals surface area (Å²) in [4.78, 5) is 16.8. The maximum Gasteiger partial charge on any atom is 0.251 e. The Balaban J connectivity index is 1.78. The van der Waals surface area contributed by atoms with Gasteiger partial charge in [-0.15, -0.1) is 0 Å². The van der Waals surface area contributed by atoms with Crippen molar-refractivity contribution in [1.82, 2.24) is 19.4 Å². The molecule has 7 nitrogen and oxygen atoms in total. The number of carbonyl (C=O) groups is 1. The summed E-state index contributed by atoms with van der Waals surface area (Å²) in [6.45, 7) is 5.33. The van der Waals surface area contributed by atoms with E-state index in [4.69, 9.17) is 23.2 Å². The maximum absolute atomic E-state index is 12.6. The topological polar surface area (TPSA) is 92.6 Å². The van der Waals surface area contributed by atoms with Crippen molar-refractivity contribution >= 4 is 44.8 Å². The Morgan fingerprint density at radius 2 is 1.86 bits per heavy atom. The molecule has 2 N–H and O–H groups in total. The number of pyridine rings is 1. The second kappa shape index (κ2) is 7.95. The molecule has 0 atom stereocenters. The van der Waals surface area contributed by atoms with Crippen LogP contribution in [-0.4, -0.2) is 29.2 Å². The molecule has 0 saturated carbocycles. The van der Waals surface area contributed by atoms with E-state index in [-0.39, 0.29) is 22.0 Å². The Hall–Kier alpha value is -2.13. The Morgan fingerprint density at radius 3 is 2.55 bits per heavy atom. The van der Waals surface area contributed by atoms with Gasteiger partial charge in [-0.2, -0.15) is 0 Å². The zero-order valence-electron chi connectivity index (χ0n) is 16.0. The van der Waals surface area contributed by atoms with Gasteiger partial charge in [-0.25, -0.2) is 18.1 Å². The fourth-order valence-corrected chi connectivity index (χ4v) is 4.80. The standard InChI is InChI=1S/C19H20Cl2N4O3S/c1-19(2,3)24-29(27,28)16-8-12(4-6-15(16)21)18(26)22-9-14-11-25-10-13(20)5-7-17(25)23-14/h4-8,10-11,24H,9H2,1-3H3,(H,22,26). The van der Waals surface area contributed by atoms with Crippen molar-refractivity contribution in [3.63, 3.8) is 0 Å². The summed E-state index contributed by atoms with van der Waals surface area (Å²) in [5.41, 5.74) is 0.825. The Labute approximate surface area is 179 Å². The van der Waals surface area contributed by atoms with E-state index in [0.29, 0.717) is 16.4 Å². The first-order valence-electron chi connectivity index (χ1n) is 8.69. The third kappa shape index (κ3) is 5.27. The van der Waals surface area contributed by atoms with E-state index in [9.17, 15) is 13.2 Å². The lowest BCUT2D eigenvalue weighted by Crippen LogP contribution is -2.40. The van der Waals surface area contributed by atoms with Crippen LogP contribution in [-0.2, 0) is 16.6 Å². The molecule has 29 heavy (non-hydrogen) atoms. The van der Waals surface area contributed by atoms with Crippen LogP contribution in [0.15, 0.2) is 47.6 Å². The lowest BCUT2D eigenvalue weighted by atomic mass is 10.1. The molecule has 1 aromatic carbocycles. The lowest BCUT2D eigenvalue weighted by molar-refractivity contribution is 0.0950. The molecule has 0 fully saturated rings. The Morgan fingerprint density at radius 1 is 1.14 bits per heavy atom. The van der Waals surface area contributed by atoms with E-state index in [0.717, 1.165) is 0 Å². The van der Waals surface area contributed by atoms with Gasteiger partial charge in [-0.05, 0) is 51.1 Å². The number of carbonyl (C=O) groups excluding carboxylic acids is 1. The van der Waals surface area contributed by atoms with Crippen molar-refractivity contribution in [3.05, 3.63) is 64.0 Å². The largest absolute Gasteiger partial charge is 0.346 e. The molecule has 3 aromatic rings. The van der Waals surface area contributed by atoms with Crippen LogP contribution in [0, 0.1) is 0 Å². The van der Waals surface area contributed by atoms with Crippen LogP contribution >= 0.6 is 23.2 Å². The molecule has 0 aliphatic heterocycles. The quantitative estimate of drug-likeness (QED) is 0.615. The molecule has 0 unspecified atom stereocenters. The number of hydrogen-bond donors (Lipinski definition) is 2. The molecule has 10 heteroatoms. The molecule has 0 bridgehead atoms. The summed E-state index contributed by atoms with van der Waals surface area (Å²) in [7, 11) is -3.88. The highest BCUT2D eigenvalue weighted by Gasteiger charge is 2.25. The number of rotatable bonds is 5. The van der Waals surface area contributed by atoms with E-state index in [1.165, 1.54) is 18.2 Å². The van der Waals surface area contributed by atoms with Gasteiger partial charge >= 0.3 is 0 Å². The molecule has 0 aliphatic carbocycles. The molecular formula is C19H20Cl2N4O3S. The summed E-state index contributed by atoms with van der Waals surface area (Å²) >= 11 is 12.0. The molecular weight excluding hydrogens is 435 g/mol. The average Bonchev–Trinajstić information content (AvgIpc) is 2.99. The molecule has 0 saturated heterocycles. The zero-order valence-corrected chi connectivity index (χ0v) is 18.4. The maximum atomic E-state index is 12.6. The van der Waals surface area contributed by atoms with Gasteiger partial charge in [0.1, 0.15) is 10.5 Å². The van der Waals surface area contributed by atoms with Gasteiger partial charge in [-0.3, -0.25) is 4.79 Å². The van der Waals surface area contributed by atoms with Crippen LogP contribution in [0.2, 0.25) is 10.0 Å². The summed E-state index contributed by atoms with van der Waals surface area (Å²) < 4.78 is 29.5. The van der Waals surface area contributed by atoms with Gasteiger partial charge in [0.05, 0.1) is 22.3 Å². The first-order chi connectivity index (χ1) is 13.4. The molecule has 2 aromatic heterocycles. The highest BCUT2D eigenvalue weighted by atomic mass is 35.5. The number of sulfonamides is 1. The first kappa shape index (κ1) is 21.6.